The second-order valence-corrected chi connectivity index (χ2v) is 8.52. The van der Waals surface area contributed by atoms with Crippen LogP contribution in [0.2, 0.25) is 0 Å². The largest absolute Gasteiger partial charge is 0.492 e. The van der Waals surface area contributed by atoms with Crippen LogP contribution in [0, 0.1) is 12.8 Å². The zero-order valence-electron chi connectivity index (χ0n) is 18.0. The van der Waals surface area contributed by atoms with E-state index >= 15 is 0 Å². The first kappa shape index (κ1) is 20.5. The summed E-state index contributed by atoms with van der Waals surface area (Å²) in [4.78, 5) is 28.5. The molecule has 2 aliphatic rings. The lowest BCUT2D eigenvalue weighted by Crippen LogP contribution is -2.50. The number of ketones is 1. The highest BCUT2D eigenvalue weighted by molar-refractivity contribution is 6.12. The van der Waals surface area contributed by atoms with E-state index in [0.717, 1.165) is 16.9 Å². The number of aliphatic hydroxyl groups is 1. The van der Waals surface area contributed by atoms with E-state index in [4.69, 9.17) is 4.74 Å². The fourth-order valence-electron chi connectivity index (χ4n) is 4.98. The van der Waals surface area contributed by atoms with Gasteiger partial charge in [0.1, 0.15) is 12.4 Å². The van der Waals surface area contributed by atoms with E-state index in [1.807, 2.05) is 61.5 Å². The molecule has 0 spiro atoms. The van der Waals surface area contributed by atoms with Crippen molar-refractivity contribution in [2.75, 3.05) is 18.1 Å². The van der Waals surface area contributed by atoms with Gasteiger partial charge in [-0.1, -0.05) is 54.6 Å². The van der Waals surface area contributed by atoms with Crippen LogP contribution < -0.4 is 9.64 Å². The van der Waals surface area contributed by atoms with E-state index in [-0.39, 0.29) is 18.9 Å². The number of ether oxygens (including phenoxy) is 1. The molecular weight excluding hydrogens is 402 g/mol. The second-order valence-electron chi connectivity index (χ2n) is 8.52. The molecule has 0 saturated heterocycles. The van der Waals surface area contributed by atoms with Crippen LogP contribution in [0.3, 0.4) is 0 Å². The summed E-state index contributed by atoms with van der Waals surface area (Å²) in [6, 6.07) is 22.4. The number of fused-ring (bicyclic) bond motifs is 2. The van der Waals surface area contributed by atoms with Crippen LogP contribution in [0.4, 0.5) is 5.69 Å². The number of carbonyl (C=O) groups excluding carboxylic acids is 2. The molecule has 1 aliphatic heterocycles. The molecule has 2 atom stereocenters. The van der Waals surface area contributed by atoms with Crippen LogP contribution >= 0.6 is 0 Å². The van der Waals surface area contributed by atoms with Crippen LogP contribution in [0.1, 0.15) is 33.5 Å². The minimum atomic E-state index is -1.87. The molecule has 3 aromatic rings. The zero-order valence-corrected chi connectivity index (χ0v) is 18.0. The van der Waals surface area contributed by atoms with Crippen molar-refractivity contribution in [3.05, 3.63) is 95.1 Å². The topological polar surface area (TPSA) is 66.8 Å². The Balaban J connectivity index is 1.43. The number of anilines is 1. The molecule has 1 aliphatic carbocycles. The smallest absolute Gasteiger partial charge is 0.264 e. The van der Waals surface area contributed by atoms with Gasteiger partial charge in [0.05, 0.1) is 18.2 Å². The maximum Gasteiger partial charge on any atom is 0.264 e. The monoisotopic (exact) mass is 427 g/mol. The summed E-state index contributed by atoms with van der Waals surface area (Å²) in [6.45, 7) is 2.55. The van der Waals surface area contributed by atoms with Gasteiger partial charge in [-0.25, -0.2) is 0 Å². The maximum absolute atomic E-state index is 13.6. The number of aryl methyl sites for hydroxylation is 2. The van der Waals surface area contributed by atoms with Gasteiger partial charge in [-0.3, -0.25) is 9.59 Å². The van der Waals surface area contributed by atoms with Crippen LogP contribution in [-0.4, -0.2) is 29.9 Å². The lowest BCUT2D eigenvalue weighted by molar-refractivity contribution is -0.140. The van der Waals surface area contributed by atoms with Crippen LogP contribution in [0.15, 0.2) is 72.8 Å². The Morgan fingerprint density at radius 2 is 1.81 bits per heavy atom. The van der Waals surface area contributed by atoms with Gasteiger partial charge in [-0.05, 0) is 49.1 Å². The molecule has 5 heteroatoms. The maximum atomic E-state index is 13.6. The van der Waals surface area contributed by atoms with Crippen molar-refractivity contribution in [2.24, 2.45) is 5.92 Å². The van der Waals surface area contributed by atoms with Crippen molar-refractivity contribution in [3.63, 3.8) is 0 Å². The van der Waals surface area contributed by atoms with Crippen LogP contribution in [0.25, 0.3) is 0 Å². The van der Waals surface area contributed by atoms with E-state index in [1.54, 1.807) is 23.1 Å². The van der Waals surface area contributed by atoms with Crippen molar-refractivity contribution >= 4 is 17.4 Å². The summed E-state index contributed by atoms with van der Waals surface area (Å²) >= 11 is 0. The number of carbonyl (C=O) groups is 2. The Morgan fingerprint density at radius 3 is 2.66 bits per heavy atom. The van der Waals surface area contributed by atoms with Gasteiger partial charge in [-0.15, -0.1) is 0 Å². The molecular formula is C27H25NO4. The molecule has 1 heterocycles. The number of para-hydroxylation sites is 1. The SMILES string of the molecule is Cc1cccc(OCCN2C(=O)C(O)(C3CCc4ccccc4C3=O)c3ccccc32)c1. The Kier molecular flexibility index (Phi) is 5.06. The van der Waals surface area contributed by atoms with Gasteiger partial charge in [-0.2, -0.15) is 0 Å². The van der Waals surface area contributed by atoms with Gasteiger partial charge >= 0.3 is 0 Å². The molecule has 2 unspecified atom stereocenters. The number of rotatable bonds is 5. The number of amides is 1. The van der Waals surface area contributed by atoms with E-state index in [9.17, 15) is 14.7 Å². The highest BCUT2D eigenvalue weighted by atomic mass is 16.5. The van der Waals surface area contributed by atoms with Gasteiger partial charge in [0.25, 0.3) is 5.91 Å². The normalized spacial score (nSPS) is 21.9. The van der Waals surface area contributed by atoms with E-state index in [2.05, 4.69) is 0 Å². The third kappa shape index (κ3) is 3.21. The van der Waals surface area contributed by atoms with Gasteiger partial charge < -0.3 is 14.7 Å². The third-order valence-electron chi connectivity index (χ3n) is 6.56. The van der Waals surface area contributed by atoms with Crippen LogP contribution in [-0.2, 0) is 16.8 Å². The lowest BCUT2D eigenvalue weighted by Gasteiger charge is -2.34. The molecule has 1 N–H and O–H groups in total. The average molecular weight is 428 g/mol. The standard InChI is InChI=1S/C27H25NO4/c1-18-7-6-9-20(17-18)32-16-15-28-24-12-5-4-11-22(24)27(31,26(28)30)23-14-13-19-8-2-3-10-21(19)25(23)29/h2-12,17,23,31H,13-16H2,1H3. The van der Waals surface area contributed by atoms with E-state index in [1.165, 1.54) is 0 Å². The molecule has 0 radical (unpaired) electrons. The second kappa shape index (κ2) is 7.92. The van der Waals surface area contributed by atoms with E-state index < -0.39 is 17.4 Å². The van der Waals surface area contributed by atoms with Crippen molar-refractivity contribution in [3.8, 4) is 5.75 Å². The predicted molar refractivity (Wildman–Crippen MR) is 122 cm³/mol. The number of Topliss-reactive ketones (excluding diaryl/α,β-unsaturated/α-hetero) is 1. The third-order valence-corrected chi connectivity index (χ3v) is 6.56. The first-order chi connectivity index (χ1) is 15.5. The van der Waals surface area contributed by atoms with Crippen molar-refractivity contribution < 1.29 is 19.4 Å². The molecule has 0 bridgehead atoms. The highest BCUT2D eigenvalue weighted by Gasteiger charge is 2.57. The molecule has 5 nitrogen and oxygen atoms in total. The van der Waals surface area contributed by atoms with Gasteiger partial charge in [0.2, 0.25) is 0 Å². The quantitative estimate of drug-likeness (QED) is 0.667. The average Bonchev–Trinajstić information content (AvgIpc) is 3.02. The summed E-state index contributed by atoms with van der Waals surface area (Å²) < 4.78 is 5.85. The fraction of sp³-hybridized carbons (Fsp3) is 0.259. The number of benzene rings is 3. The minimum Gasteiger partial charge on any atom is -0.492 e. The Labute approximate surface area is 187 Å². The first-order valence-corrected chi connectivity index (χ1v) is 11.0. The Hall–Kier alpha value is -3.44. The van der Waals surface area contributed by atoms with E-state index in [0.29, 0.717) is 29.7 Å². The van der Waals surface area contributed by atoms with Gasteiger partial charge in [0.15, 0.2) is 11.4 Å². The van der Waals surface area contributed by atoms with Crippen molar-refractivity contribution in [1.82, 2.24) is 0 Å². The Bertz CT molecular complexity index is 1200. The summed E-state index contributed by atoms with van der Waals surface area (Å²) in [6.07, 6.45) is 1.08. The molecule has 0 saturated carbocycles. The molecule has 5 rings (SSSR count). The predicted octanol–water partition coefficient (Wildman–Crippen LogP) is 4.05. The summed E-state index contributed by atoms with van der Waals surface area (Å²) in [5, 5.41) is 11.8. The van der Waals surface area contributed by atoms with Crippen LogP contribution in [0.5, 0.6) is 5.75 Å². The number of hydrogen-bond acceptors (Lipinski definition) is 4. The fourth-order valence-corrected chi connectivity index (χ4v) is 4.98. The zero-order chi connectivity index (χ0) is 22.3. The van der Waals surface area contributed by atoms with Gasteiger partial charge in [0, 0.05) is 11.1 Å². The van der Waals surface area contributed by atoms with Crippen molar-refractivity contribution in [1.29, 1.82) is 0 Å². The highest BCUT2D eigenvalue weighted by Crippen LogP contribution is 2.48. The molecule has 162 valence electrons. The summed E-state index contributed by atoms with van der Waals surface area (Å²) in [7, 11) is 0. The van der Waals surface area contributed by atoms with Crippen molar-refractivity contribution in [2.45, 2.75) is 25.4 Å². The molecule has 3 aromatic carbocycles. The minimum absolute atomic E-state index is 0.171. The lowest BCUT2D eigenvalue weighted by atomic mass is 9.71. The summed E-state index contributed by atoms with van der Waals surface area (Å²) in [5.41, 5.74) is 1.93. The Morgan fingerprint density at radius 1 is 1.03 bits per heavy atom. The molecule has 32 heavy (non-hydrogen) atoms. The number of hydrogen-bond donors (Lipinski definition) is 1. The number of nitrogens with zero attached hydrogens (tertiary/aromatic N) is 1. The summed E-state index contributed by atoms with van der Waals surface area (Å²) in [5.74, 6) is -0.701. The first-order valence-electron chi connectivity index (χ1n) is 11.0. The molecule has 0 fully saturated rings. The molecule has 1 amide bonds. The molecule has 0 aromatic heterocycles.